The van der Waals surface area contributed by atoms with Gasteiger partial charge in [-0.25, -0.2) is 9.78 Å². The quantitative estimate of drug-likeness (QED) is 0.516. The number of aryl methyl sites for hydroxylation is 1. The maximum absolute atomic E-state index is 12.4. The number of carbonyl (C=O) groups is 2. The number of rotatable bonds is 8. The van der Waals surface area contributed by atoms with Gasteiger partial charge in [0, 0.05) is 12.3 Å². The Morgan fingerprint density at radius 2 is 2.29 bits per heavy atom. The van der Waals surface area contributed by atoms with E-state index in [1.165, 1.54) is 23.1 Å². The molecule has 1 saturated heterocycles. The number of nitrogens with zero attached hydrogens (tertiary/aromatic N) is 2. The Kier molecular flexibility index (Phi) is 7.14. The molecule has 1 atom stereocenters. The number of carbonyl (C=O) groups excluding carboxylic acids is 2. The zero-order chi connectivity index (χ0) is 20.1. The lowest BCUT2D eigenvalue weighted by atomic mass is 10.2. The highest BCUT2D eigenvalue weighted by Gasteiger charge is 2.21. The van der Waals surface area contributed by atoms with Crippen LogP contribution in [-0.4, -0.2) is 46.5 Å². The second-order valence-electron chi connectivity index (χ2n) is 6.53. The summed E-state index contributed by atoms with van der Waals surface area (Å²) < 4.78 is 12.9. The van der Waals surface area contributed by atoms with Gasteiger partial charge in [-0.15, -0.1) is 11.3 Å². The third-order valence-corrected chi connectivity index (χ3v) is 6.39. The van der Waals surface area contributed by atoms with Crippen LogP contribution in [0, 0.1) is 13.8 Å². The fourth-order valence-electron chi connectivity index (χ4n) is 3.01. The molecule has 0 aliphatic carbocycles. The van der Waals surface area contributed by atoms with Gasteiger partial charge in [-0.3, -0.25) is 4.79 Å². The molecule has 0 bridgehead atoms. The standard InChI is InChI=1S/C19H25N3O4S2/c1-4-25-18(24)15-7-9-27-17(15)21-16(23)11-28-19-20-12(2)13(3)22(19)10-14-6-5-8-26-14/h7,9,14H,4-6,8,10-11H2,1-3H3,(H,21,23)/t14-/m1/s1. The van der Waals surface area contributed by atoms with E-state index < -0.39 is 5.97 Å². The molecule has 152 valence electrons. The van der Waals surface area contributed by atoms with E-state index in [9.17, 15) is 9.59 Å². The molecule has 2 aromatic heterocycles. The third-order valence-electron chi connectivity index (χ3n) is 4.58. The molecule has 3 rings (SSSR count). The number of thiophene rings is 1. The number of ether oxygens (including phenoxy) is 2. The van der Waals surface area contributed by atoms with E-state index in [0.717, 1.165) is 42.5 Å². The third kappa shape index (κ3) is 4.95. The van der Waals surface area contributed by atoms with Gasteiger partial charge in [-0.1, -0.05) is 11.8 Å². The Bertz CT molecular complexity index is 840. The van der Waals surface area contributed by atoms with Crippen LogP contribution in [0.15, 0.2) is 16.6 Å². The van der Waals surface area contributed by atoms with Crippen molar-refractivity contribution in [2.24, 2.45) is 0 Å². The number of thioether (sulfide) groups is 1. The van der Waals surface area contributed by atoms with Crippen molar-refractivity contribution in [2.45, 2.75) is 51.4 Å². The number of hydrogen-bond donors (Lipinski definition) is 1. The van der Waals surface area contributed by atoms with Crippen LogP contribution in [-0.2, 0) is 20.8 Å². The predicted octanol–water partition coefficient (Wildman–Crippen LogP) is 3.65. The van der Waals surface area contributed by atoms with Gasteiger partial charge in [0.05, 0.1) is 36.3 Å². The summed E-state index contributed by atoms with van der Waals surface area (Å²) in [5.74, 6) is -0.397. The lowest BCUT2D eigenvalue weighted by Gasteiger charge is -2.14. The smallest absolute Gasteiger partial charge is 0.341 e. The Hall–Kier alpha value is -1.84. The molecule has 0 saturated carbocycles. The number of nitrogens with one attached hydrogen (secondary N) is 1. The van der Waals surface area contributed by atoms with Crippen LogP contribution in [0.3, 0.4) is 0 Å². The maximum atomic E-state index is 12.4. The van der Waals surface area contributed by atoms with Crippen molar-refractivity contribution < 1.29 is 19.1 Å². The van der Waals surface area contributed by atoms with E-state index in [-0.39, 0.29) is 17.8 Å². The summed E-state index contributed by atoms with van der Waals surface area (Å²) in [7, 11) is 0. The molecule has 1 aliphatic rings. The van der Waals surface area contributed by atoms with Gasteiger partial charge in [0.2, 0.25) is 5.91 Å². The van der Waals surface area contributed by atoms with Crippen LogP contribution in [0.2, 0.25) is 0 Å². The van der Waals surface area contributed by atoms with Gasteiger partial charge in [-0.2, -0.15) is 0 Å². The van der Waals surface area contributed by atoms with Gasteiger partial charge in [0.25, 0.3) is 0 Å². The molecule has 7 nitrogen and oxygen atoms in total. The van der Waals surface area contributed by atoms with Gasteiger partial charge in [0.1, 0.15) is 5.00 Å². The lowest BCUT2D eigenvalue weighted by Crippen LogP contribution is -2.18. The number of esters is 1. The second kappa shape index (κ2) is 9.58. The van der Waals surface area contributed by atoms with Crippen molar-refractivity contribution in [3.63, 3.8) is 0 Å². The number of aromatic nitrogens is 2. The largest absolute Gasteiger partial charge is 0.462 e. The average Bonchev–Trinajstić information content (AvgIpc) is 3.39. The molecule has 1 aliphatic heterocycles. The molecular formula is C19H25N3O4S2. The van der Waals surface area contributed by atoms with E-state index >= 15 is 0 Å². The minimum atomic E-state index is -0.426. The predicted molar refractivity (Wildman–Crippen MR) is 110 cm³/mol. The van der Waals surface area contributed by atoms with Crippen LogP contribution in [0.25, 0.3) is 0 Å². The van der Waals surface area contributed by atoms with Crippen molar-refractivity contribution in [2.75, 3.05) is 24.3 Å². The Labute approximate surface area is 172 Å². The van der Waals surface area contributed by atoms with Crippen LogP contribution in [0.1, 0.15) is 41.5 Å². The minimum absolute atomic E-state index is 0.181. The first-order valence-corrected chi connectivity index (χ1v) is 11.2. The molecule has 2 aromatic rings. The van der Waals surface area contributed by atoms with E-state index in [1.54, 1.807) is 18.4 Å². The summed E-state index contributed by atoms with van der Waals surface area (Å²) in [6.45, 7) is 7.63. The highest BCUT2D eigenvalue weighted by Crippen LogP contribution is 2.27. The molecule has 1 N–H and O–H groups in total. The Balaban J connectivity index is 1.61. The van der Waals surface area contributed by atoms with Crippen molar-refractivity contribution in [3.8, 4) is 0 Å². The van der Waals surface area contributed by atoms with Crippen molar-refractivity contribution in [1.82, 2.24) is 9.55 Å². The van der Waals surface area contributed by atoms with Crippen molar-refractivity contribution in [3.05, 3.63) is 28.4 Å². The highest BCUT2D eigenvalue weighted by atomic mass is 32.2. The monoisotopic (exact) mass is 423 g/mol. The first-order valence-electron chi connectivity index (χ1n) is 9.32. The Morgan fingerprint density at radius 1 is 1.46 bits per heavy atom. The summed E-state index contributed by atoms with van der Waals surface area (Å²) in [6, 6.07) is 1.66. The fraction of sp³-hybridized carbons (Fsp3) is 0.526. The zero-order valence-electron chi connectivity index (χ0n) is 16.3. The van der Waals surface area contributed by atoms with E-state index in [0.29, 0.717) is 17.2 Å². The zero-order valence-corrected chi connectivity index (χ0v) is 18.0. The summed E-state index contributed by atoms with van der Waals surface area (Å²) in [6.07, 6.45) is 2.35. The number of anilines is 1. The summed E-state index contributed by atoms with van der Waals surface area (Å²) in [5.41, 5.74) is 2.45. The first-order chi connectivity index (χ1) is 13.5. The number of amides is 1. The van der Waals surface area contributed by atoms with Crippen LogP contribution in [0.5, 0.6) is 0 Å². The second-order valence-corrected chi connectivity index (χ2v) is 8.39. The van der Waals surface area contributed by atoms with Crippen LogP contribution in [0.4, 0.5) is 5.00 Å². The van der Waals surface area contributed by atoms with Gasteiger partial charge in [0.15, 0.2) is 5.16 Å². The van der Waals surface area contributed by atoms with Crippen molar-refractivity contribution >= 4 is 40.0 Å². The molecule has 1 fully saturated rings. The lowest BCUT2D eigenvalue weighted by molar-refractivity contribution is -0.113. The molecule has 0 aromatic carbocycles. The fourth-order valence-corrected chi connectivity index (χ4v) is 4.70. The minimum Gasteiger partial charge on any atom is -0.462 e. The summed E-state index contributed by atoms with van der Waals surface area (Å²) >= 11 is 2.70. The molecule has 9 heteroatoms. The molecule has 0 spiro atoms. The van der Waals surface area contributed by atoms with Gasteiger partial charge in [-0.05, 0) is 45.1 Å². The molecular weight excluding hydrogens is 398 g/mol. The SMILES string of the molecule is CCOC(=O)c1ccsc1NC(=O)CSc1nc(C)c(C)n1C[C@H]1CCCO1. The topological polar surface area (TPSA) is 82.5 Å². The molecule has 28 heavy (non-hydrogen) atoms. The van der Waals surface area contributed by atoms with Crippen LogP contribution >= 0.6 is 23.1 Å². The highest BCUT2D eigenvalue weighted by molar-refractivity contribution is 7.99. The van der Waals surface area contributed by atoms with Crippen molar-refractivity contribution in [1.29, 1.82) is 0 Å². The molecule has 1 amide bonds. The molecule has 3 heterocycles. The first kappa shape index (κ1) is 20.9. The Morgan fingerprint density at radius 3 is 3.00 bits per heavy atom. The average molecular weight is 424 g/mol. The number of imidazole rings is 1. The molecule has 0 radical (unpaired) electrons. The van der Waals surface area contributed by atoms with E-state index in [4.69, 9.17) is 9.47 Å². The normalized spacial score (nSPS) is 16.3. The summed E-state index contributed by atoms with van der Waals surface area (Å²) in [5, 5.41) is 5.90. The van der Waals surface area contributed by atoms with E-state index in [2.05, 4.69) is 14.9 Å². The van der Waals surface area contributed by atoms with Gasteiger partial charge >= 0.3 is 5.97 Å². The van der Waals surface area contributed by atoms with Gasteiger partial charge < -0.3 is 19.4 Å². The summed E-state index contributed by atoms with van der Waals surface area (Å²) in [4.78, 5) is 29.0. The number of hydrogen-bond acceptors (Lipinski definition) is 7. The van der Waals surface area contributed by atoms with E-state index in [1.807, 2.05) is 13.8 Å². The maximum Gasteiger partial charge on any atom is 0.341 e. The van der Waals surface area contributed by atoms with Crippen LogP contribution < -0.4 is 5.32 Å². The molecule has 0 unspecified atom stereocenters.